The summed E-state index contributed by atoms with van der Waals surface area (Å²) < 4.78 is 1.06. The second kappa shape index (κ2) is 5.66. The smallest absolute Gasteiger partial charge is 0.232 e. The third-order valence-electron chi connectivity index (χ3n) is 2.66. The summed E-state index contributed by atoms with van der Waals surface area (Å²) in [6.45, 7) is 0.407. The molecular formula is C13H12N4OS2. The number of nitrogens with one attached hydrogen (secondary N) is 1. The van der Waals surface area contributed by atoms with Crippen LogP contribution in [0.15, 0.2) is 29.6 Å². The number of fused-ring (bicyclic) bond motifs is 1. The van der Waals surface area contributed by atoms with Crippen LogP contribution >= 0.6 is 22.7 Å². The SMILES string of the molecule is NCc1nc(CC(=O)Nc2nc3ccccc3s2)cs1. The van der Waals surface area contributed by atoms with Gasteiger partial charge in [0.2, 0.25) is 5.91 Å². The van der Waals surface area contributed by atoms with Gasteiger partial charge >= 0.3 is 0 Å². The van der Waals surface area contributed by atoms with Crippen LogP contribution in [0.3, 0.4) is 0 Å². The highest BCUT2D eigenvalue weighted by atomic mass is 32.1. The van der Waals surface area contributed by atoms with E-state index in [1.165, 1.54) is 22.7 Å². The van der Waals surface area contributed by atoms with Crippen molar-refractivity contribution in [3.63, 3.8) is 0 Å². The standard InChI is InChI=1S/C13H12N4OS2/c14-6-12-15-8(7-19-12)5-11(18)17-13-16-9-3-1-2-4-10(9)20-13/h1-4,7H,5-6,14H2,(H,16,17,18). The Balaban J connectivity index is 1.69. The number of thiazole rings is 2. The number of para-hydroxylation sites is 1. The molecule has 0 aliphatic rings. The van der Waals surface area contributed by atoms with Crippen LogP contribution in [0.1, 0.15) is 10.7 Å². The summed E-state index contributed by atoms with van der Waals surface area (Å²) in [5.74, 6) is -0.113. The maximum absolute atomic E-state index is 11.9. The maximum atomic E-state index is 11.9. The summed E-state index contributed by atoms with van der Waals surface area (Å²) in [6, 6.07) is 7.79. The van der Waals surface area contributed by atoms with Crippen LogP contribution in [-0.2, 0) is 17.8 Å². The predicted octanol–water partition coefficient (Wildman–Crippen LogP) is 2.39. The van der Waals surface area contributed by atoms with Crippen LogP contribution in [0.25, 0.3) is 10.2 Å². The molecule has 2 heterocycles. The summed E-state index contributed by atoms with van der Waals surface area (Å²) in [6.07, 6.45) is 0.242. The van der Waals surface area contributed by atoms with E-state index in [9.17, 15) is 4.79 Å². The Kier molecular flexibility index (Phi) is 3.72. The average molecular weight is 304 g/mol. The summed E-state index contributed by atoms with van der Waals surface area (Å²) in [5.41, 5.74) is 7.14. The van der Waals surface area contributed by atoms with E-state index in [1.54, 1.807) is 0 Å². The number of aromatic nitrogens is 2. The highest BCUT2D eigenvalue weighted by Gasteiger charge is 2.10. The highest BCUT2D eigenvalue weighted by molar-refractivity contribution is 7.22. The Bertz CT molecular complexity index is 717. The first-order chi connectivity index (χ1) is 9.74. The zero-order chi connectivity index (χ0) is 13.9. The molecule has 3 rings (SSSR count). The summed E-state index contributed by atoms with van der Waals surface area (Å²) in [4.78, 5) is 20.6. The number of hydrogen-bond donors (Lipinski definition) is 2. The van der Waals surface area contributed by atoms with Gasteiger partial charge < -0.3 is 11.1 Å². The zero-order valence-electron chi connectivity index (χ0n) is 10.5. The van der Waals surface area contributed by atoms with Gasteiger partial charge in [-0.2, -0.15) is 0 Å². The molecule has 1 amide bonds. The van der Waals surface area contributed by atoms with Crippen molar-refractivity contribution in [3.05, 3.63) is 40.3 Å². The van der Waals surface area contributed by atoms with Crippen molar-refractivity contribution < 1.29 is 4.79 Å². The fourth-order valence-electron chi connectivity index (χ4n) is 1.78. The predicted molar refractivity (Wildman–Crippen MR) is 82.0 cm³/mol. The van der Waals surface area contributed by atoms with Gasteiger partial charge in [-0.15, -0.1) is 11.3 Å². The lowest BCUT2D eigenvalue weighted by Crippen LogP contribution is -2.14. The molecule has 0 aliphatic heterocycles. The van der Waals surface area contributed by atoms with E-state index < -0.39 is 0 Å². The van der Waals surface area contributed by atoms with Gasteiger partial charge in [0, 0.05) is 11.9 Å². The van der Waals surface area contributed by atoms with Crippen molar-refractivity contribution in [2.45, 2.75) is 13.0 Å². The van der Waals surface area contributed by atoms with E-state index in [0.29, 0.717) is 11.7 Å². The Hall–Kier alpha value is -1.83. The zero-order valence-corrected chi connectivity index (χ0v) is 12.1. The Morgan fingerprint density at radius 2 is 2.15 bits per heavy atom. The molecule has 0 unspecified atom stereocenters. The third kappa shape index (κ3) is 2.84. The Morgan fingerprint density at radius 1 is 1.30 bits per heavy atom. The Labute approximate surface area is 123 Å². The number of hydrogen-bond acceptors (Lipinski definition) is 6. The number of carbonyl (C=O) groups excluding carboxylic acids is 1. The van der Waals surface area contributed by atoms with Crippen molar-refractivity contribution in [1.82, 2.24) is 9.97 Å². The second-order valence-corrected chi connectivity index (χ2v) is 6.12. The van der Waals surface area contributed by atoms with Crippen LogP contribution in [-0.4, -0.2) is 15.9 Å². The molecule has 3 aromatic rings. The van der Waals surface area contributed by atoms with E-state index in [-0.39, 0.29) is 12.3 Å². The molecule has 20 heavy (non-hydrogen) atoms. The van der Waals surface area contributed by atoms with Gasteiger partial charge in [0.05, 0.1) is 22.3 Å². The monoisotopic (exact) mass is 304 g/mol. The van der Waals surface area contributed by atoms with Gasteiger partial charge in [0.25, 0.3) is 0 Å². The Morgan fingerprint density at radius 3 is 2.90 bits per heavy atom. The van der Waals surface area contributed by atoms with Crippen molar-refractivity contribution in [3.8, 4) is 0 Å². The van der Waals surface area contributed by atoms with Gasteiger partial charge in [0.1, 0.15) is 5.01 Å². The van der Waals surface area contributed by atoms with Crippen LogP contribution in [0.4, 0.5) is 5.13 Å². The molecule has 7 heteroatoms. The van der Waals surface area contributed by atoms with Gasteiger partial charge in [-0.1, -0.05) is 23.5 Å². The first kappa shape index (κ1) is 13.2. The third-order valence-corrected chi connectivity index (χ3v) is 4.53. The average Bonchev–Trinajstić information content (AvgIpc) is 3.04. The molecule has 0 saturated heterocycles. The minimum atomic E-state index is -0.113. The lowest BCUT2D eigenvalue weighted by molar-refractivity contribution is -0.115. The molecule has 2 aromatic heterocycles. The van der Waals surface area contributed by atoms with Crippen LogP contribution < -0.4 is 11.1 Å². The van der Waals surface area contributed by atoms with Crippen molar-refractivity contribution in [1.29, 1.82) is 0 Å². The number of nitrogens with zero attached hydrogens (tertiary/aromatic N) is 2. The molecule has 0 spiro atoms. The molecule has 0 bridgehead atoms. The summed E-state index contributed by atoms with van der Waals surface area (Å²) in [7, 11) is 0. The lowest BCUT2D eigenvalue weighted by Gasteiger charge is -1.98. The first-order valence-corrected chi connectivity index (χ1v) is 7.73. The fraction of sp³-hybridized carbons (Fsp3) is 0.154. The normalized spacial score (nSPS) is 10.8. The number of nitrogens with two attached hydrogens (primary N) is 1. The van der Waals surface area contributed by atoms with Gasteiger partial charge in [-0.05, 0) is 12.1 Å². The maximum Gasteiger partial charge on any atom is 0.232 e. The quantitative estimate of drug-likeness (QED) is 0.775. The summed E-state index contributed by atoms with van der Waals surface area (Å²) in [5, 5.41) is 6.13. The largest absolute Gasteiger partial charge is 0.325 e. The van der Waals surface area contributed by atoms with Crippen molar-refractivity contribution in [2.24, 2.45) is 5.73 Å². The molecular weight excluding hydrogens is 292 g/mol. The van der Waals surface area contributed by atoms with Crippen molar-refractivity contribution in [2.75, 3.05) is 5.32 Å². The molecule has 0 atom stereocenters. The van der Waals surface area contributed by atoms with E-state index in [2.05, 4.69) is 15.3 Å². The van der Waals surface area contributed by atoms with E-state index in [4.69, 9.17) is 5.73 Å². The number of amides is 1. The highest BCUT2D eigenvalue weighted by Crippen LogP contribution is 2.25. The number of carbonyl (C=O) groups is 1. The first-order valence-electron chi connectivity index (χ1n) is 6.03. The minimum Gasteiger partial charge on any atom is -0.325 e. The molecule has 1 aromatic carbocycles. The van der Waals surface area contributed by atoms with Gasteiger partial charge in [-0.3, -0.25) is 4.79 Å². The number of anilines is 1. The topological polar surface area (TPSA) is 80.9 Å². The van der Waals surface area contributed by atoms with Crippen LogP contribution in [0, 0.1) is 0 Å². The minimum absolute atomic E-state index is 0.113. The number of rotatable bonds is 4. The summed E-state index contributed by atoms with van der Waals surface area (Å²) >= 11 is 2.94. The van der Waals surface area contributed by atoms with Gasteiger partial charge in [0.15, 0.2) is 5.13 Å². The fourth-order valence-corrected chi connectivity index (χ4v) is 3.33. The van der Waals surface area contributed by atoms with E-state index in [0.717, 1.165) is 20.9 Å². The lowest BCUT2D eigenvalue weighted by atomic mass is 10.3. The molecule has 0 radical (unpaired) electrons. The molecule has 3 N–H and O–H groups in total. The molecule has 5 nitrogen and oxygen atoms in total. The molecule has 0 aliphatic carbocycles. The molecule has 0 saturated carbocycles. The van der Waals surface area contributed by atoms with Crippen LogP contribution in [0.5, 0.6) is 0 Å². The van der Waals surface area contributed by atoms with E-state index in [1.807, 2.05) is 29.6 Å². The molecule has 0 fully saturated rings. The molecule has 102 valence electrons. The van der Waals surface area contributed by atoms with Crippen molar-refractivity contribution >= 4 is 43.9 Å². The second-order valence-electron chi connectivity index (χ2n) is 4.15. The number of benzene rings is 1. The van der Waals surface area contributed by atoms with E-state index >= 15 is 0 Å². The van der Waals surface area contributed by atoms with Gasteiger partial charge in [-0.25, -0.2) is 9.97 Å². The van der Waals surface area contributed by atoms with Crippen LogP contribution in [0.2, 0.25) is 0 Å².